The molecule has 0 saturated heterocycles. The van der Waals surface area contributed by atoms with Crippen LogP contribution in [0.5, 0.6) is 0 Å². The average Bonchev–Trinajstić information content (AvgIpc) is 3.33. The van der Waals surface area contributed by atoms with E-state index in [1.165, 1.54) is 17.6 Å². The number of aryl methyl sites for hydroxylation is 1. The van der Waals surface area contributed by atoms with E-state index in [4.69, 9.17) is 16.0 Å². The van der Waals surface area contributed by atoms with E-state index in [1.807, 2.05) is 12.1 Å². The molecule has 3 heterocycles. The molecule has 0 fully saturated rings. The van der Waals surface area contributed by atoms with Gasteiger partial charge < -0.3 is 9.32 Å². The van der Waals surface area contributed by atoms with Crippen LogP contribution in [-0.4, -0.2) is 23.3 Å². The van der Waals surface area contributed by atoms with Crippen molar-refractivity contribution in [3.05, 3.63) is 64.0 Å². The highest BCUT2D eigenvalue weighted by Gasteiger charge is 2.23. The Hall–Kier alpha value is -2.64. The number of rotatable bonds is 4. The summed E-state index contributed by atoms with van der Waals surface area (Å²) in [6.45, 7) is 0.680. The predicted octanol–water partition coefficient (Wildman–Crippen LogP) is 4.16. The first-order valence-electron chi connectivity index (χ1n) is 8.48. The van der Waals surface area contributed by atoms with Gasteiger partial charge in [-0.05, 0) is 48.7 Å². The first-order valence-corrected chi connectivity index (χ1v) is 9.74. The number of aromatic nitrogens is 1. The van der Waals surface area contributed by atoms with Crippen molar-refractivity contribution < 1.29 is 14.0 Å². The molecule has 1 aromatic carbocycles. The predicted molar refractivity (Wildman–Crippen MR) is 105 cm³/mol. The molecular weight excluding hydrogens is 386 g/mol. The first-order chi connectivity index (χ1) is 13.1. The number of benzene rings is 1. The van der Waals surface area contributed by atoms with Crippen LogP contribution in [-0.2, 0) is 17.6 Å². The highest BCUT2D eigenvalue weighted by atomic mass is 35.5. The lowest BCUT2D eigenvalue weighted by Crippen LogP contribution is -2.36. The maximum absolute atomic E-state index is 12.8. The molecule has 0 saturated carbocycles. The smallest absolute Gasteiger partial charge is 0.293 e. The molecule has 0 unspecified atom stereocenters. The van der Waals surface area contributed by atoms with Crippen LogP contribution in [0.25, 0.3) is 0 Å². The Morgan fingerprint density at radius 1 is 1.33 bits per heavy atom. The number of nitrogens with zero attached hydrogens (tertiary/aromatic N) is 2. The monoisotopic (exact) mass is 401 g/mol. The van der Waals surface area contributed by atoms with Gasteiger partial charge in [0, 0.05) is 22.6 Å². The van der Waals surface area contributed by atoms with Crippen molar-refractivity contribution in [3.8, 4) is 0 Å². The number of halogens is 1. The van der Waals surface area contributed by atoms with Crippen LogP contribution in [0.3, 0.4) is 0 Å². The third-order valence-corrected chi connectivity index (χ3v) is 5.35. The summed E-state index contributed by atoms with van der Waals surface area (Å²) in [7, 11) is 0. The Morgan fingerprint density at radius 2 is 2.22 bits per heavy atom. The van der Waals surface area contributed by atoms with Crippen LogP contribution in [0, 0.1) is 0 Å². The average molecular weight is 402 g/mol. The molecular formula is C19H16ClN3O3S. The van der Waals surface area contributed by atoms with Gasteiger partial charge >= 0.3 is 0 Å². The SMILES string of the molecule is O=C(Nc1nc(CC(=O)N2CCCc3cc(Cl)ccc32)cs1)c1ccco1. The van der Waals surface area contributed by atoms with Crippen LogP contribution < -0.4 is 10.2 Å². The number of anilines is 2. The number of carbonyl (C=O) groups is 2. The van der Waals surface area contributed by atoms with E-state index in [-0.39, 0.29) is 24.0 Å². The normalized spacial score (nSPS) is 13.3. The summed E-state index contributed by atoms with van der Waals surface area (Å²) in [5, 5.41) is 5.57. The maximum atomic E-state index is 12.8. The van der Waals surface area contributed by atoms with E-state index < -0.39 is 0 Å². The summed E-state index contributed by atoms with van der Waals surface area (Å²) >= 11 is 7.34. The third kappa shape index (κ3) is 3.89. The maximum Gasteiger partial charge on any atom is 0.293 e. The van der Waals surface area contributed by atoms with Crippen molar-refractivity contribution in [1.82, 2.24) is 4.98 Å². The third-order valence-electron chi connectivity index (χ3n) is 4.31. The van der Waals surface area contributed by atoms with Gasteiger partial charge in [0.25, 0.3) is 5.91 Å². The summed E-state index contributed by atoms with van der Waals surface area (Å²) in [4.78, 5) is 30.9. The summed E-state index contributed by atoms with van der Waals surface area (Å²) in [6, 6.07) is 8.83. The molecule has 0 bridgehead atoms. The number of furan rings is 1. The second kappa shape index (κ2) is 7.54. The van der Waals surface area contributed by atoms with Gasteiger partial charge in [-0.15, -0.1) is 11.3 Å². The molecule has 1 N–H and O–H groups in total. The molecule has 27 heavy (non-hydrogen) atoms. The zero-order valence-corrected chi connectivity index (χ0v) is 15.8. The zero-order chi connectivity index (χ0) is 18.8. The molecule has 1 aliphatic rings. The topological polar surface area (TPSA) is 75.4 Å². The summed E-state index contributed by atoms with van der Waals surface area (Å²) in [6.07, 6.45) is 3.43. The fraction of sp³-hybridized carbons (Fsp3) is 0.211. The van der Waals surface area contributed by atoms with Gasteiger partial charge in [0.05, 0.1) is 18.4 Å². The second-order valence-electron chi connectivity index (χ2n) is 6.17. The number of fused-ring (bicyclic) bond motifs is 1. The molecule has 0 radical (unpaired) electrons. The van der Waals surface area contributed by atoms with Crippen LogP contribution in [0.2, 0.25) is 5.02 Å². The van der Waals surface area contributed by atoms with Gasteiger partial charge in [0.15, 0.2) is 10.9 Å². The lowest BCUT2D eigenvalue weighted by molar-refractivity contribution is -0.118. The molecule has 0 atom stereocenters. The van der Waals surface area contributed by atoms with Crippen LogP contribution in [0.4, 0.5) is 10.8 Å². The summed E-state index contributed by atoms with van der Waals surface area (Å²) < 4.78 is 5.05. The Kier molecular flexibility index (Phi) is 4.96. The van der Waals surface area contributed by atoms with Crippen LogP contribution in [0.1, 0.15) is 28.2 Å². The van der Waals surface area contributed by atoms with Crippen molar-refractivity contribution in [1.29, 1.82) is 0 Å². The standard InChI is InChI=1S/C19H16ClN3O3S/c20-13-5-6-15-12(9-13)3-1-7-23(15)17(24)10-14-11-27-19(21-14)22-18(25)16-4-2-8-26-16/h2,4-6,8-9,11H,1,3,7,10H2,(H,21,22,25). The van der Waals surface area contributed by atoms with Crippen molar-refractivity contribution in [2.24, 2.45) is 0 Å². The fourth-order valence-electron chi connectivity index (χ4n) is 3.09. The Morgan fingerprint density at radius 3 is 3.04 bits per heavy atom. The molecule has 2 aromatic heterocycles. The minimum atomic E-state index is -0.367. The molecule has 3 aromatic rings. The largest absolute Gasteiger partial charge is 0.459 e. The van der Waals surface area contributed by atoms with Crippen LogP contribution >= 0.6 is 22.9 Å². The fourth-order valence-corrected chi connectivity index (χ4v) is 3.99. The second-order valence-corrected chi connectivity index (χ2v) is 7.47. The van der Waals surface area contributed by atoms with Gasteiger partial charge in [-0.2, -0.15) is 0 Å². The molecule has 138 valence electrons. The molecule has 2 amide bonds. The van der Waals surface area contributed by atoms with Gasteiger partial charge in [0.2, 0.25) is 5.91 Å². The highest BCUT2D eigenvalue weighted by molar-refractivity contribution is 7.14. The molecule has 6 nitrogen and oxygen atoms in total. The van der Waals surface area contributed by atoms with Crippen molar-refractivity contribution >= 4 is 45.6 Å². The minimum Gasteiger partial charge on any atom is -0.459 e. The van der Waals surface area contributed by atoms with Gasteiger partial charge in [-0.3, -0.25) is 14.9 Å². The molecule has 1 aliphatic heterocycles. The number of amides is 2. The molecule has 0 aliphatic carbocycles. The van der Waals surface area contributed by atoms with E-state index in [0.717, 1.165) is 24.1 Å². The van der Waals surface area contributed by atoms with E-state index in [1.54, 1.807) is 28.5 Å². The molecule has 4 rings (SSSR count). The quantitative estimate of drug-likeness (QED) is 0.712. The highest BCUT2D eigenvalue weighted by Crippen LogP contribution is 2.30. The number of nitrogens with one attached hydrogen (secondary N) is 1. The summed E-state index contributed by atoms with van der Waals surface area (Å²) in [5.41, 5.74) is 2.63. The first kappa shape index (κ1) is 17.8. The summed E-state index contributed by atoms with van der Waals surface area (Å²) in [5.74, 6) is -0.173. The van der Waals surface area contributed by atoms with Crippen LogP contribution in [0.15, 0.2) is 46.4 Å². The number of hydrogen-bond donors (Lipinski definition) is 1. The van der Waals surface area contributed by atoms with Gasteiger partial charge in [0.1, 0.15) is 0 Å². The zero-order valence-electron chi connectivity index (χ0n) is 14.3. The minimum absolute atomic E-state index is 0.0208. The Balaban J connectivity index is 1.44. The molecule has 0 spiro atoms. The van der Waals surface area contributed by atoms with Crippen molar-refractivity contribution in [2.75, 3.05) is 16.8 Å². The van der Waals surface area contributed by atoms with E-state index in [2.05, 4.69) is 10.3 Å². The lowest BCUT2D eigenvalue weighted by atomic mass is 10.0. The van der Waals surface area contributed by atoms with Crippen molar-refractivity contribution in [2.45, 2.75) is 19.3 Å². The number of thiazole rings is 1. The Bertz CT molecular complexity index is 984. The van der Waals surface area contributed by atoms with Crippen molar-refractivity contribution in [3.63, 3.8) is 0 Å². The van der Waals surface area contributed by atoms with E-state index in [9.17, 15) is 9.59 Å². The number of hydrogen-bond acceptors (Lipinski definition) is 5. The van der Waals surface area contributed by atoms with Gasteiger partial charge in [-0.1, -0.05) is 11.6 Å². The molecule has 8 heteroatoms. The number of carbonyl (C=O) groups excluding carboxylic acids is 2. The van der Waals surface area contributed by atoms with E-state index >= 15 is 0 Å². The lowest BCUT2D eigenvalue weighted by Gasteiger charge is -2.29. The Labute approximate surface area is 164 Å². The van der Waals surface area contributed by atoms with Gasteiger partial charge in [-0.25, -0.2) is 4.98 Å². The van der Waals surface area contributed by atoms with E-state index in [0.29, 0.717) is 22.4 Å².